The van der Waals surface area contributed by atoms with Gasteiger partial charge in [-0.15, -0.1) is 0 Å². The fraction of sp³-hybridized carbons (Fsp3) is 0.933. The van der Waals surface area contributed by atoms with Crippen LogP contribution in [0.5, 0.6) is 0 Å². The van der Waals surface area contributed by atoms with Gasteiger partial charge in [0.05, 0.1) is 6.61 Å². The minimum Gasteiger partial charge on any atom is -0.384 e. The lowest BCUT2D eigenvalue weighted by Crippen LogP contribution is -2.47. The number of amides is 1. The Bertz CT molecular complexity index is 307. The molecule has 110 valence electrons. The van der Waals surface area contributed by atoms with E-state index in [1.165, 1.54) is 6.42 Å². The van der Waals surface area contributed by atoms with Crippen LogP contribution in [-0.2, 0) is 9.53 Å². The molecule has 0 spiro atoms. The molecule has 2 fully saturated rings. The first kappa shape index (κ1) is 14.8. The number of carbonyl (C=O) groups excluding carboxylic acids is 1. The van der Waals surface area contributed by atoms with E-state index in [0.717, 1.165) is 45.4 Å². The van der Waals surface area contributed by atoms with Crippen molar-refractivity contribution < 1.29 is 9.53 Å². The Kier molecular flexibility index (Phi) is 5.22. The van der Waals surface area contributed by atoms with Gasteiger partial charge in [0.25, 0.3) is 0 Å². The summed E-state index contributed by atoms with van der Waals surface area (Å²) in [7, 11) is 1.74. The molecule has 2 N–H and O–H groups in total. The molecule has 0 aromatic heterocycles. The molecule has 0 radical (unpaired) electrons. The largest absolute Gasteiger partial charge is 0.384 e. The van der Waals surface area contributed by atoms with Crippen molar-refractivity contribution in [3.05, 3.63) is 0 Å². The van der Waals surface area contributed by atoms with Crippen LogP contribution in [0.25, 0.3) is 0 Å². The standard InChI is InChI=1S/C15H28N2O2/c1-11-8-13(16)5-6-14(11)15(18)17-7-3-4-12(9-17)10-19-2/h11-14H,3-10,16H2,1-2H3. The minimum absolute atomic E-state index is 0.195. The van der Waals surface area contributed by atoms with Crippen molar-refractivity contribution >= 4 is 5.91 Å². The predicted octanol–water partition coefficient (Wildman–Crippen LogP) is 1.63. The van der Waals surface area contributed by atoms with Crippen molar-refractivity contribution in [1.82, 2.24) is 4.90 Å². The van der Waals surface area contributed by atoms with Gasteiger partial charge in [0.1, 0.15) is 0 Å². The third-order valence-corrected chi connectivity index (χ3v) is 4.76. The average Bonchev–Trinajstić information content (AvgIpc) is 2.39. The van der Waals surface area contributed by atoms with Gasteiger partial charge in [0.15, 0.2) is 0 Å². The van der Waals surface area contributed by atoms with Gasteiger partial charge in [-0.05, 0) is 43.9 Å². The lowest BCUT2D eigenvalue weighted by Gasteiger charge is -2.38. The summed E-state index contributed by atoms with van der Waals surface area (Å²) in [5.74, 6) is 1.50. The summed E-state index contributed by atoms with van der Waals surface area (Å²) >= 11 is 0. The van der Waals surface area contributed by atoms with Gasteiger partial charge in [-0.25, -0.2) is 0 Å². The van der Waals surface area contributed by atoms with Crippen molar-refractivity contribution in [2.45, 2.75) is 45.1 Å². The van der Waals surface area contributed by atoms with Crippen LogP contribution in [0.4, 0.5) is 0 Å². The minimum atomic E-state index is 0.195. The fourth-order valence-corrected chi connectivity index (χ4v) is 3.68. The number of ether oxygens (including phenoxy) is 1. The van der Waals surface area contributed by atoms with Gasteiger partial charge in [0, 0.05) is 32.2 Å². The average molecular weight is 268 g/mol. The maximum Gasteiger partial charge on any atom is 0.225 e. The van der Waals surface area contributed by atoms with Crippen molar-refractivity contribution in [3.63, 3.8) is 0 Å². The van der Waals surface area contributed by atoms with Crippen molar-refractivity contribution in [3.8, 4) is 0 Å². The normalized spacial score (nSPS) is 36.3. The molecule has 4 atom stereocenters. The van der Waals surface area contributed by atoms with E-state index < -0.39 is 0 Å². The predicted molar refractivity (Wildman–Crippen MR) is 75.7 cm³/mol. The monoisotopic (exact) mass is 268 g/mol. The first-order chi connectivity index (χ1) is 9.11. The van der Waals surface area contributed by atoms with E-state index in [2.05, 4.69) is 11.8 Å². The zero-order chi connectivity index (χ0) is 13.8. The van der Waals surface area contributed by atoms with Crippen LogP contribution in [0.2, 0.25) is 0 Å². The van der Waals surface area contributed by atoms with Gasteiger partial charge in [0.2, 0.25) is 5.91 Å². The first-order valence-corrected chi connectivity index (χ1v) is 7.65. The van der Waals surface area contributed by atoms with Crippen molar-refractivity contribution in [2.24, 2.45) is 23.5 Å². The van der Waals surface area contributed by atoms with E-state index >= 15 is 0 Å². The van der Waals surface area contributed by atoms with Crippen LogP contribution >= 0.6 is 0 Å². The lowest BCUT2D eigenvalue weighted by atomic mass is 9.77. The number of rotatable bonds is 3. The number of hydrogen-bond donors (Lipinski definition) is 1. The van der Waals surface area contributed by atoms with Gasteiger partial charge >= 0.3 is 0 Å². The molecular formula is C15H28N2O2. The molecule has 4 unspecified atom stereocenters. The molecule has 1 saturated heterocycles. The molecule has 0 aromatic rings. The maximum atomic E-state index is 12.7. The van der Waals surface area contributed by atoms with Crippen LogP contribution in [0.1, 0.15) is 39.0 Å². The maximum absolute atomic E-state index is 12.7. The Labute approximate surface area is 116 Å². The number of carbonyl (C=O) groups is 1. The molecule has 0 aromatic carbocycles. The smallest absolute Gasteiger partial charge is 0.225 e. The molecule has 19 heavy (non-hydrogen) atoms. The Balaban J connectivity index is 1.91. The zero-order valence-corrected chi connectivity index (χ0v) is 12.3. The highest BCUT2D eigenvalue weighted by molar-refractivity contribution is 5.79. The molecule has 1 saturated carbocycles. The third-order valence-electron chi connectivity index (χ3n) is 4.76. The summed E-state index contributed by atoms with van der Waals surface area (Å²) < 4.78 is 5.24. The third kappa shape index (κ3) is 3.69. The van der Waals surface area contributed by atoms with Gasteiger partial charge < -0.3 is 15.4 Å². The summed E-state index contributed by atoms with van der Waals surface area (Å²) in [5.41, 5.74) is 5.99. The number of nitrogens with two attached hydrogens (primary N) is 1. The van der Waals surface area contributed by atoms with E-state index in [4.69, 9.17) is 10.5 Å². The summed E-state index contributed by atoms with van der Waals surface area (Å²) in [6.07, 6.45) is 5.25. The van der Waals surface area contributed by atoms with Gasteiger partial charge in [-0.2, -0.15) is 0 Å². The molecule has 1 aliphatic carbocycles. The van der Waals surface area contributed by atoms with E-state index in [-0.39, 0.29) is 5.92 Å². The topological polar surface area (TPSA) is 55.6 Å². The zero-order valence-electron chi connectivity index (χ0n) is 12.3. The molecule has 1 heterocycles. The second-order valence-electron chi connectivity index (χ2n) is 6.40. The first-order valence-electron chi connectivity index (χ1n) is 7.65. The second-order valence-corrected chi connectivity index (χ2v) is 6.40. The Morgan fingerprint density at radius 3 is 2.84 bits per heavy atom. The number of piperidine rings is 1. The van der Waals surface area contributed by atoms with Gasteiger partial charge in [-0.3, -0.25) is 4.79 Å². The SMILES string of the molecule is COCC1CCCN(C(=O)C2CCC(N)CC2C)C1. The summed E-state index contributed by atoms with van der Waals surface area (Å²) in [5, 5.41) is 0. The number of hydrogen-bond acceptors (Lipinski definition) is 3. The van der Waals surface area contributed by atoms with Crippen LogP contribution < -0.4 is 5.73 Å². The van der Waals surface area contributed by atoms with E-state index in [9.17, 15) is 4.79 Å². The van der Waals surface area contributed by atoms with Gasteiger partial charge in [-0.1, -0.05) is 6.92 Å². The highest BCUT2D eigenvalue weighted by Crippen LogP contribution is 2.31. The number of methoxy groups -OCH3 is 1. The molecule has 2 rings (SSSR count). The summed E-state index contributed by atoms with van der Waals surface area (Å²) in [6, 6.07) is 0.293. The number of likely N-dealkylation sites (tertiary alicyclic amines) is 1. The van der Waals surface area contributed by atoms with Crippen LogP contribution in [-0.4, -0.2) is 43.7 Å². The van der Waals surface area contributed by atoms with Crippen LogP contribution in [0.15, 0.2) is 0 Å². The molecule has 1 aliphatic heterocycles. The molecule has 4 nitrogen and oxygen atoms in total. The fourth-order valence-electron chi connectivity index (χ4n) is 3.68. The van der Waals surface area contributed by atoms with E-state index in [1.54, 1.807) is 7.11 Å². The Hall–Kier alpha value is -0.610. The molecular weight excluding hydrogens is 240 g/mol. The van der Waals surface area contributed by atoms with Crippen LogP contribution in [0, 0.1) is 17.8 Å². The Morgan fingerprint density at radius 2 is 2.16 bits per heavy atom. The number of nitrogens with zero attached hydrogens (tertiary/aromatic N) is 1. The second kappa shape index (κ2) is 6.71. The lowest BCUT2D eigenvalue weighted by molar-refractivity contribution is -0.140. The molecule has 1 amide bonds. The Morgan fingerprint density at radius 1 is 1.37 bits per heavy atom. The van der Waals surface area contributed by atoms with E-state index in [1.807, 2.05) is 0 Å². The molecule has 2 aliphatic rings. The van der Waals surface area contributed by atoms with Crippen molar-refractivity contribution in [1.29, 1.82) is 0 Å². The van der Waals surface area contributed by atoms with E-state index in [0.29, 0.717) is 23.8 Å². The van der Waals surface area contributed by atoms with Crippen LogP contribution in [0.3, 0.4) is 0 Å². The highest BCUT2D eigenvalue weighted by atomic mass is 16.5. The quantitative estimate of drug-likeness (QED) is 0.846. The molecule has 4 heteroatoms. The van der Waals surface area contributed by atoms with Crippen molar-refractivity contribution in [2.75, 3.05) is 26.8 Å². The molecule has 0 bridgehead atoms. The highest BCUT2D eigenvalue weighted by Gasteiger charge is 2.35. The summed E-state index contributed by atoms with van der Waals surface area (Å²) in [4.78, 5) is 14.7. The summed E-state index contributed by atoms with van der Waals surface area (Å²) in [6.45, 7) is 4.75.